The molecule has 90 valence electrons. The molecule has 1 aromatic carbocycles. The minimum atomic E-state index is -0.926. The van der Waals surface area contributed by atoms with Crippen molar-refractivity contribution in [1.29, 1.82) is 0 Å². The fourth-order valence-electron chi connectivity index (χ4n) is 1.67. The fourth-order valence-corrected chi connectivity index (χ4v) is 1.94. The van der Waals surface area contributed by atoms with E-state index in [0.29, 0.717) is 28.9 Å². The van der Waals surface area contributed by atoms with E-state index in [-0.39, 0.29) is 5.75 Å². The molecule has 0 spiro atoms. The van der Waals surface area contributed by atoms with Crippen LogP contribution in [0.3, 0.4) is 0 Å². The first kappa shape index (κ1) is 13.4. The van der Waals surface area contributed by atoms with Crippen LogP contribution in [0.25, 0.3) is 0 Å². The predicted molar refractivity (Wildman–Crippen MR) is 67.0 cm³/mol. The quantitative estimate of drug-likeness (QED) is 0.608. The van der Waals surface area contributed by atoms with Crippen LogP contribution >= 0.6 is 12.6 Å². The van der Waals surface area contributed by atoms with E-state index in [4.69, 9.17) is 0 Å². The van der Waals surface area contributed by atoms with Crippen LogP contribution in [0.5, 0.6) is 5.75 Å². The number of hydrogen-bond donors (Lipinski definition) is 4. The number of phenols is 1. The molecule has 2 atom stereocenters. The first-order valence-corrected chi connectivity index (χ1v) is 5.87. The summed E-state index contributed by atoms with van der Waals surface area (Å²) in [7, 11) is 0. The van der Waals surface area contributed by atoms with Gasteiger partial charge in [0.25, 0.3) is 0 Å². The maximum Gasteiger partial charge on any atom is 0.121 e. The molecule has 4 heteroatoms. The maximum absolute atomic E-state index is 9.89. The summed E-state index contributed by atoms with van der Waals surface area (Å²) < 4.78 is 0. The highest BCUT2D eigenvalue weighted by Gasteiger charge is 2.19. The van der Waals surface area contributed by atoms with Crippen molar-refractivity contribution in [3.05, 3.63) is 28.8 Å². The molecule has 0 aromatic heterocycles. The fraction of sp³-hybridized carbons (Fsp3) is 0.500. The molecule has 3 N–H and O–H groups in total. The normalized spacial score (nSPS) is 14.8. The summed E-state index contributed by atoms with van der Waals surface area (Å²) in [6.45, 7) is 3.53. The molecule has 0 saturated carbocycles. The number of phenolic OH excluding ortho intramolecular Hbond substituents is 1. The zero-order chi connectivity index (χ0) is 12.3. The first-order chi connectivity index (χ1) is 7.47. The van der Waals surface area contributed by atoms with E-state index in [1.807, 2.05) is 0 Å². The smallest absolute Gasteiger partial charge is 0.121 e. The molecule has 0 saturated heterocycles. The van der Waals surface area contributed by atoms with Crippen molar-refractivity contribution in [2.45, 2.75) is 32.5 Å². The highest BCUT2D eigenvalue weighted by Crippen LogP contribution is 2.28. The minimum absolute atomic E-state index is 0.236. The summed E-state index contributed by atoms with van der Waals surface area (Å²) in [6.07, 6.45) is -1.31. The Labute approximate surface area is 101 Å². The molecule has 0 radical (unpaired) electrons. The van der Waals surface area contributed by atoms with Gasteiger partial charge < -0.3 is 15.3 Å². The lowest BCUT2D eigenvalue weighted by Gasteiger charge is -2.19. The maximum atomic E-state index is 9.89. The van der Waals surface area contributed by atoms with Crippen LogP contribution in [0.1, 0.15) is 29.2 Å². The van der Waals surface area contributed by atoms with E-state index in [0.717, 1.165) is 0 Å². The Morgan fingerprint density at radius 1 is 1.19 bits per heavy atom. The number of hydrogen-bond acceptors (Lipinski definition) is 4. The van der Waals surface area contributed by atoms with Crippen molar-refractivity contribution < 1.29 is 15.3 Å². The van der Waals surface area contributed by atoms with Crippen LogP contribution in [0, 0.1) is 13.8 Å². The van der Waals surface area contributed by atoms with E-state index in [9.17, 15) is 15.3 Å². The molecule has 0 aliphatic heterocycles. The lowest BCUT2D eigenvalue weighted by Crippen LogP contribution is -2.18. The van der Waals surface area contributed by atoms with Gasteiger partial charge in [-0.05, 0) is 54.8 Å². The van der Waals surface area contributed by atoms with Gasteiger partial charge in [0.2, 0.25) is 0 Å². The Morgan fingerprint density at radius 2 is 1.69 bits per heavy atom. The van der Waals surface area contributed by atoms with Crippen LogP contribution in [-0.4, -0.2) is 27.2 Å². The average Bonchev–Trinajstić information content (AvgIpc) is 2.24. The SMILES string of the molecule is Cc1cc(C(O)C(O)CCS)cc(C)c1O. The first-order valence-electron chi connectivity index (χ1n) is 5.24. The summed E-state index contributed by atoms with van der Waals surface area (Å²) in [5.74, 6) is 0.758. The predicted octanol–water partition coefficient (Wildman–Crippen LogP) is 1.72. The lowest BCUT2D eigenvalue weighted by atomic mass is 9.98. The van der Waals surface area contributed by atoms with Gasteiger partial charge in [-0.1, -0.05) is 0 Å². The summed E-state index contributed by atoms with van der Waals surface area (Å²) in [4.78, 5) is 0. The number of aliphatic hydroxyl groups excluding tert-OH is 2. The second-order valence-electron chi connectivity index (χ2n) is 4.03. The van der Waals surface area contributed by atoms with Crippen molar-refractivity contribution in [2.24, 2.45) is 0 Å². The van der Waals surface area contributed by atoms with Crippen LogP contribution in [0.4, 0.5) is 0 Å². The molecule has 2 unspecified atom stereocenters. The van der Waals surface area contributed by atoms with Crippen molar-refractivity contribution >= 4 is 12.6 Å². The number of aryl methyl sites for hydroxylation is 2. The van der Waals surface area contributed by atoms with Crippen LogP contribution in [0.2, 0.25) is 0 Å². The van der Waals surface area contributed by atoms with Gasteiger partial charge in [-0.15, -0.1) is 0 Å². The van der Waals surface area contributed by atoms with Crippen molar-refractivity contribution in [1.82, 2.24) is 0 Å². The van der Waals surface area contributed by atoms with Gasteiger partial charge in [0, 0.05) is 0 Å². The van der Waals surface area contributed by atoms with Gasteiger partial charge in [0.15, 0.2) is 0 Å². The third-order valence-electron chi connectivity index (χ3n) is 2.64. The van der Waals surface area contributed by atoms with Crippen LogP contribution < -0.4 is 0 Å². The standard InChI is InChI=1S/C12H18O3S/c1-7-5-9(6-8(2)11(7)14)12(15)10(13)3-4-16/h5-6,10,12-16H,3-4H2,1-2H3. The second-order valence-corrected chi connectivity index (χ2v) is 4.47. The topological polar surface area (TPSA) is 60.7 Å². The summed E-state index contributed by atoms with van der Waals surface area (Å²) in [5, 5.41) is 29.2. The Morgan fingerprint density at radius 3 is 2.12 bits per heavy atom. The molecule has 0 amide bonds. The third kappa shape index (κ3) is 2.90. The lowest BCUT2D eigenvalue weighted by molar-refractivity contribution is 0.0171. The van der Waals surface area contributed by atoms with Gasteiger partial charge >= 0.3 is 0 Å². The molecule has 16 heavy (non-hydrogen) atoms. The molecule has 0 aliphatic rings. The van der Waals surface area contributed by atoms with E-state index < -0.39 is 12.2 Å². The van der Waals surface area contributed by atoms with E-state index >= 15 is 0 Å². The Kier molecular flexibility index (Phi) is 4.65. The van der Waals surface area contributed by atoms with Crippen molar-refractivity contribution in [3.8, 4) is 5.75 Å². The number of thiol groups is 1. The molecular formula is C12H18O3S. The molecular weight excluding hydrogens is 224 g/mol. The third-order valence-corrected chi connectivity index (χ3v) is 2.90. The van der Waals surface area contributed by atoms with Crippen molar-refractivity contribution in [3.63, 3.8) is 0 Å². The Bertz CT molecular complexity index is 342. The zero-order valence-electron chi connectivity index (χ0n) is 9.51. The van der Waals surface area contributed by atoms with Gasteiger partial charge in [-0.3, -0.25) is 0 Å². The van der Waals surface area contributed by atoms with Crippen molar-refractivity contribution in [2.75, 3.05) is 5.75 Å². The van der Waals surface area contributed by atoms with Gasteiger partial charge in [0.1, 0.15) is 11.9 Å². The number of aromatic hydroxyl groups is 1. The molecule has 0 bridgehead atoms. The minimum Gasteiger partial charge on any atom is -0.507 e. The largest absolute Gasteiger partial charge is 0.507 e. The molecule has 0 aliphatic carbocycles. The zero-order valence-corrected chi connectivity index (χ0v) is 10.4. The van der Waals surface area contributed by atoms with Gasteiger partial charge in [0.05, 0.1) is 6.10 Å². The molecule has 0 fully saturated rings. The number of rotatable bonds is 4. The van der Waals surface area contributed by atoms with Crippen LogP contribution in [0.15, 0.2) is 12.1 Å². The van der Waals surface area contributed by atoms with E-state index in [2.05, 4.69) is 12.6 Å². The molecule has 3 nitrogen and oxygen atoms in total. The van der Waals surface area contributed by atoms with E-state index in [1.165, 1.54) is 0 Å². The van der Waals surface area contributed by atoms with E-state index in [1.54, 1.807) is 26.0 Å². The Balaban J connectivity index is 2.96. The molecule has 1 aromatic rings. The van der Waals surface area contributed by atoms with Crippen LogP contribution in [-0.2, 0) is 0 Å². The number of aliphatic hydroxyl groups is 2. The number of benzene rings is 1. The summed E-state index contributed by atoms with van der Waals surface area (Å²) in [6, 6.07) is 3.38. The average molecular weight is 242 g/mol. The second kappa shape index (κ2) is 5.57. The summed E-state index contributed by atoms with van der Waals surface area (Å²) >= 11 is 4.01. The highest BCUT2D eigenvalue weighted by atomic mass is 32.1. The van der Waals surface area contributed by atoms with Gasteiger partial charge in [-0.2, -0.15) is 12.6 Å². The highest BCUT2D eigenvalue weighted by molar-refractivity contribution is 7.80. The monoisotopic (exact) mass is 242 g/mol. The summed E-state index contributed by atoms with van der Waals surface area (Å²) in [5.41, 5.74) is 2.03. The van der Waals surface area contributed by atoms with Gasteiger partial charge in [-0.25, -0.2) is 0 Å². The molecule has 0 heterocycles. The Hall–Kier alpha value is -0.710. The molecule has 1 rings (SSSR count).